The number of hydrogen-bond acceptors (Lipinski definition) is 9. The van der Waals surface area contributed by atoms with Gasteiger partial charge in [-0.25, -0.2) is 10.4 Å². The van der Waals surface area contributed by atoms with Crippen LogP contribution in [0.3, 0.4) is 0 Å². The first-order valence-electron chi connectivity index (χ1n) is 6.05. The van der Waals surface area contributed by atoms with Gasteiger partial charge in [-0.2, -0.15) is 5.10 Å². The molecule has 0 radical (unpaired) electrons. The van der Waals surface area contributed by atoms with Crippen molar-refractivity contribution in [2.45, 2.75) is 31.3 Å². The molecule has 118 valence electrons. The summed E-state index contributed by atoms with van der Waals surface area (Å²) in [5.74, 6) is 0.0360. The van der Waals surface area contributed by atoms with E-state index in [0.29, 0.717) is 5.69 Å². The lowest BCUT2D eigenvalue weighted by molar-refractivity contribution is -0.0999. The molecule has 0 fully saturated rings. The second kappa shape index (κ2) is 7.81. The first-order chi connectivity index (χ1) is 9.85. The van der Waals surface area contributed by atoms with Gasteiger partial charge < -0.3 is 25.5 Å². The molecule has 0 aliphatic carbocycles. The molecule has 1 aromatic heterocycles. The fourth-order valence-corrected chi connectivity index (χ4v) is 1.43. The molecular formula is C11H18N4O6. The fourth-order valence-electron chi connectivity index (χ4n) is 1.43. The van der Waals surface area contributed by atoms with E-state index in [1.807, 2.05) is 0 Å². The van der Waals surface area contributed by atoms with Gasteiger partial charge in [0, 0.05) is 11.8 Å². The molecule has 0 saturated heterocycles. The Kier molecular flexibility index (Phi) is 6.39. The minimum atomic E-state index is -1.75. The van der Waals surface area contributed by atoms with Gasteiger partial charge in [0.15, 0.2) is 0 Å². The molecule has 0 aliphatic rings. The highest BCUT2D eigenvalue weighted by Crippen LogP contribution is 2.04. The van der Waals surface area contributed by atoms with E-state index in [2.05, 4.69) is 20.5 Å². The molecule has 0 unspecified atom stereocenters. The Bertz CT molecular complexity index is 534. The summed E-state index contributed by atoms with van der Waals surface area (Å²) in [6, 6.07) is 1.28. The third-order valence-electron chi connectivity index (χ3n) is 2.55. The predicted octanol–water partition coefficient (Wildman–Crippen LogP) is -3.09. The minimum absolute atomic E-state index is 0.0360. The van der Waals surface area contributed by atoms with Crippen LogP contribution in [0.15, 0.2) is 16.0 Å². The highest BCUT2D eigenvalue weighted by molar-refractivity contribution is 5.64. The molecule has 0 aromatic carbocycles. The van der Waals surface area contributed by atoms with Gasteiger partial charge in [-0.1, -0.05) is 0 Å². The minimum Gasteiger partial charge on any atom is -0.394 e. The summed E-state index contributed by atoms with van der Waals surface area (Å²) in [5.41, 5.74) is 2.40. The third-order valence-corrected chi connectivity index (χ3v) is 2.55. The average Bonchev–Trinajstić information content (AvgIpc) is 2.43. The molecule has 1 aromatic rings. The number of nitrogens with zero attached hydrogens (tertiary/aromatic N) is 2. The van der Waals surface area contributed by atoms with Crippen LogP contribution in [0.5, 0.6) is 0 Å². The van der Waals surface area contributed by atoms with Crippen molar-refractivity contribution >= 4 is 12.2 Å². The second-order valence-electron chi connectivity index (χ2n) is 4.35. The lowest BCUT2D eigenvalue weighted by Crippen LogP contribution is -2.46. The zero-order valence-electron chi connectivity index (χ0n) is 11.2. The number of aliphatic hydroxyl groups excluding tert-OH is 5. The summed E-state index contributed by atoms with van der Waals surface area (Å²) in [6.45, 7) is 0.837. The molecule has 0 spiro atoms. The van der Waals surface area contributed by atoms with Crippen molar-refractivity contribution in [3.05, 3.63) is 22.1 Å². The molecule has 0 aliphatic heterocycles. The lowest BCUT2D eigenvalue weighted by Gasteiger charge is -2.23. The fraction of sp³-hybridized carbons (Fsp3) is 0.545. The molecule has 4 atom stereocenters. The van der Waals surface area contributed by atoms with E-state index in [-0.39, 0.29) is 11.5 Å². The number of aryl methyl sites for hydroxylation is 1. The average molecular weight is 302 g/mol. The molecule has 21 heavy (non-hydrogen) atoms. The van der Waals surface area contributed by atoms with Crippen molar-refractivity contribution < 1.29 is 25.5 Å². The smallest absolute Gasteiger partial charge is 0.252 e. The summed E-state index contributed by atoms with van der Waals surface area (Å²) in [6.07, 6.45) is -5.84. The van der Waals surface area contributed by atoms with E-state index >= 15 is 0 Å². The molecular weight excluding hydrogens is 284 g/mol. The Morgan fingerprint density at radius 1 is 1.38 bits per heavy atom. The first kappa shape index (κ1) is 17.2. The van der Waals surface area contributed by atoms with E-state index < -0.39 is 31.0 Å². The van der Waals surface area contributed by atoms with Crippen molar-refractivity contribution in [1.29, 1.82) is 0 Å². The Hall–Kier alpha value is -1.85. The van der Waals surface area contributed by atoms with Gasteiger partial charge in [-0.3, -0.25) is 9.78 Å². The van der Waals surface area contributed by atoms with Gasteiger partial charge in [0.2, 0.25) is 5.95 Å². The second-order valence-corrected chi connectivity index (χ2v) is 4.35. The van der Waals surface area contributed by atoms with E-state index in [4.69, 9.17) is 10.2 Å². The molecule has 0 saturated carbocycles. The highest BCUT2D eigenvalue weighted by atomic mass is 16.4. The summed E-state index contributed by atoms with van der Waals surface area (Å²) in [7, 11) is 0. The van der Waals surface area contributed by atoms with Crippen LogP contribution in [0.2, 0.25) is 0 Å². The largest absolute Gasteiger partial charge is 0.394 e. The maximum Gasteiger partial charge on any atom is 0.252 e. The summed E-state index contributed by atoms with van der Waals surface area (Å²) >= 11 is 0. The van der Waals surface area contributed by atoms with E-state index in [1.54, 1.807) is 6.92 Å². The highest BCUT2D eigenvalue weighted by Gasteiger charge is 2.29. The predicted molar refractivity (Wildman–Crippen MR) is 72.8 cm³/mol. The van der Waals surface area contributed by atoms with Crippen molar-refractivity contribution in [3.63, 3.8) is 0 Å². The van der Waals surface area contributed by atoms with Gasteiger partial charge in [0.25, 0.3) is 5.56 Å². The van der Waals surface area contributed by atoms with Crippen LogP contribution in [0.1, 0.15) is 5.69 Å². The molecule has 0 bridgehead atoms. The van der Waals surface area contributed by atoms with Gasteiger partial charge in [0.1, 0.15) is 24.4 Å². The molecule has 1 rings (SSSR count). The number of H-pyrrole nitrogens is 1. The zero-order chi connectivity index (χ0) is 16.0. The maximum absolute atomic E-state index is 11.2. The SMILES string of the molecule is Cc1cc(=O)[nH]c(N/N=C/[C@@H](O)[C@@H](O)[C@H](O)[C@H](O)CO)n1. The monoisotopic (exact) mass is 302 g/mol. The van der Waals surface area contributed by atoms with Crippen LogP contribution >= 0.6 is 0 Å². The molecule has 1 heterocycles. The van der Waals surface area contributed by atoms with Gasteiger partial charge in [-0.15, -0.1) is 0 Å². The van der Waals surface area contributed by atoms with E-state index in [0.717, 1.165) is 6.21 Å². The maximum atomic E-state index is 11.2. The van der Waals surface area contributed by atoms with Crippen LogP contribution in [0.4, 0.5) is 5.95 Å². The van der Waals surface area contributed by atoms with Crippen LogP contribution in [0.25, 0.3) is 0 Å². The van der Waals surface area contributed by atoms with Crippen LogP contribution in [-0.4, -0.2) is 72.7 Å². The Labute approximate surface area is 119 Å². The summed E-state index contributed by atoms with van der Waals surface area (Å²) in [5, 5.41) is 49.7. The van der Waals surface area contributed by atoms with Gasteiger partial charge >= 0.3 is 0 Å². The topological polar surface area (TPSA) is 171 Å². The number of anilines is 1. The molecule has 10 heteroatoms. The van der Waals surface area contributed by atoms with Crippen molar-refractivity contribution in [2.75, 3.05) is 12.0 Å². The Morgan fingerprint density at radius 2 is 2.05 bits per heavy atom. The normalized spacial score (nSPS) is 17.4. The third kappa shape index (κ3) is 5.21. The van der Waals surface area contributed by atoms with Crippen molar-refractivity contribution in [2.24, 2.45) is 5.10 Å². The van der Waals surface area contributed by atoms with Crippen LogP contribution < -0.4 is 11.0 Å². The summed E-state index contributed by atoms with van der Waals surface area (Å²) in [4.78, 5) is 17.4. The molecule has 0 amide bonds. The number of aromatic amines is 1. The number of hydrogen-bond donors (Lipinski definition) is 7. The first-order valence-corrected chi connectivity index (χ1v) is 6.05. The Balaban J connectivity index is 2.61. The molecule has 7 N–H and O–H groups in total. The number of hydrazone groups is 1. The number of nitrogens with one attached hydrogen (secondary N) is 2. The number of rotatable bonds is 7. The molecule has 10 nitrogen and oxygen atoms in total. The van der Waals surface area contributed by atoms with Crippen LogP contribution in [0, 0.1) is 6.92 Å². The van der Waals surface area contributed by atoms with Crippen molar-refractivity contribution in [1.82, 2.24) is 9.97 Å². The number of aliphatic hydroxyl groups is 5. The van der Waals surface area contributed by atoms with E-state index in [1.165, 1.54) is 6.07 Å². The zero-order valence-corrected chi connectivity index (χ0v) is 11.2. The van der Waals surface area contributed by atoms with Crippen molar-refractivity contribution in [3.8, 4) is 0 Å². The lowest BCUT2D eigenvalue weighted by atomic mass is 10.0. The quantitative estimate of drug-likeness (QED) is 0.205. The number of aromatic nitrogens is 2. The standard InChI is InChI=1S/C11H18N4O6/c1-5-2-8(19)14-11(13-5)15-12-3-6(17)9(20)10(21)7(18)4-16/h2-3,6-7,9-10,16-18,20-21H,4H2,1H3,(H2,13,14,15,19)/b12-3+/t6-,7-,9-,10-/m1/s1. The summed E-state index contributed by atoms with van der Waals surface area (Å²) < 4.78 is 0. The van der Waals surface area contributed by atoms with Crippen LogP contribution in [-0.2, 0) is 0 Å². The van der Waals surface area contributed by atoms with Gasteiger partial charge in [-0.05, 0) is 6.92 Å². The van der Waals surface area contributed by atoms with Gasteiger partial charge in [0.05, 0.1) is 12.8 Å². The Morgan fingerprint density at radius 3 is 2.62 bits per heavy atom. The van der Waals surface area contributed by atoms with E-state index in [9.17, 15) is 20.1 Å².